The smallest absolute Gasteiger partial charge is 0.229 e. The molecule has 0 heterocycles. The zero-order chi connectivity index (χ0) is 18.7. The molecule has 3 nitrogen and oxygen atoms in total. The zero-order valence-electron chi connectivity index (χ0n) is 16.2. The molecule has 3 aliphatic rings. The first kappa shape index (κ1) is 19.4. The van der Waals surface area contributed by atoms with Crippen LogP contribution in [0, 0.1) is 5.92 Å². The van der Waals surface area contributed by atoms with Gasteiger partial charge in [0, 0.05) is 10.6 Å². The van der Waals surface area contributed by atoms with Crippen LogP contribution in [-0.4, -0.2) is 36.5 Å². The van der Waals surface area contributed by atoms with Gasteiger partial charge in [0.2, 0.25) is 5.91 Å². The minimum absolute atomic E-state index is 0.00240. The summed E-state index contributed by atoms with van der Waals surface area (Å²) < 4.78 is 0. The number of rotatable bonds is 5. The lowest BCUT2D eigenvalue weighted by Gasteiger charge is -2.45. The number of carbonyl (C=O) groups excluding carboxylic acids is 1. The van der Waals surface area contributed by atoms with Gasteiger partial charge in [0.25, 0.3) is 0 Å². The van der Waals surface area contributed by atoms with Crippen molar-refractivity contribution in [2.75, 3.05) is 14.1 Å². The molecule has 0 aromatic carbocycles. The van der Waals surface area contributed by atoms with E-state index in [9.17, 15) is 4.79 Å². The molecule has 1 N–H and O–H groups in total. The molecule has 1 fully saturated rings. The maximum absolute atomic E-state index is 13.2. The van der Waals surface area contributed by atoms with Crippen LogP contribution in [0.4, 0.5) is 0 Å². The molecule has 142 valence electrons. The number of likely N-dealkylation sites (N-methyl/N-ethyl adjacent to an activating group) is 1. The van der Waals surface area contributed by atoms with E-state index in [0.29, 0.717) is 11.5 Å². The minimum atomic E-state index is -0.260. The summed E-state index contributed by atoms with van der Waals surface area (Å²) >= 11 is 6.49. The Labute approximate surface area is 162 Å². The van der Waals surface area contributed by atoms with E-state index in [-0.39, 0.29) is 23.4 Å². The summed E-state index contributed by atoms with van der Waals surface area (Å²) in [5.74, 6) is -0.197. The molecule has 2 atom stereocenters. The highest BCUT2D eigenvalue weighted by atomic mass is 35.5. The average Bonchev–Trinajstić information content (AvgIpc) is 3.13. The highest BCUT2D eigenvalue weighted by Gasteiger charge is 2.46. The van der Waals surface area contributed by atoms with Gasteiger partial charge in [-0.15, -0.1) is 0 Å². The highest BCUT2D eigenvalue weighted by Crippen LogP contribution is 2.41. The summed E-state index contributed by atoms with van der Waals surface area (Å²) in [5.41, 5.74) is 2.35. The van der Waals surface area contributed by atoms with Crippen LogP contribution in [0.3, 0.4) is 0 Å². The summed E-state index contributed by atoms with van der Waals surface area (Å²) in [7, 11) is 4.31. The fraction of sp³-hybridized carbons (Fsp3) is 0.591. The first-order valence-electron chi connectivity index (χ1n) is 9.82. The van der Waals surface area contributed by atoms with Crippen molar-refractivity contribution in [1.29, 1.82) is 0 Å². The summed E-state index contributed by atoms with van der Waals surface area (Å²) in [4.78, 5) is 15.5. The topological polar surface area (TPSA) is 32.3 Å². The number of carbonyl (C=O) groups is 1. The van der Waals surface area contributed by atoms with E-state index < -0.39 is 0 Å². The monoisotopic (exact) mass is 374 g/mol. The third-order valence-electron chi connectivity index (χ3n) is 6.34. The third kappa shape index (κ3) is 3.70. The van der Waals surface area contributed by atoms with Crippen molar-refractivity contribution in [1.82, 2.24) is 10.2 Å². The quantitative estimate of drug-likeness (QED) is 0.755. The number of nitrogens with one attached hydrogen (secondary N) is 1. The summed E-state index contributed by atoms with van der Waals surface area (Å²) in [5, 5.41) is 4.12. The average molecular weight is 375 g/mol. The molecule has 0 spiro atoms. The van der Waals surface area contributed by atoms with Gasteiger partial charge in [0.1, 0.15) is 0 Å². The molecule has 3 rings (SSSR count). The lowest BCUT2D eigenvalue weighted by molar-refractivity contribution is -0.125. The SMILES string of the molecule is CC1=C(Cl)C(C(=O)NC(C2=CC=CCC2)C2(N(C)C)CCCC2)CC=C1. The van der Waals surface area contributed by atoms with Crippen LogP contribution in [0.5, 0.6) is 0 Å². The summed E-state index contributed by atoms with van der Waals surface area (Å²) in [6, 6.07) is 0.0492. The Morgan fingerprint density at radius 1 is 1.31 bits per heavy atom. The second-order valence-electron chi connectivity index (χ2n) is 8.08. The van der Waals surface area contributed by atoms with Crippen LogP contribution in [0.15, 0.2) is 46.6 Å². The number of halogens is 1. The van der Waals surface area contributed by atoms with Crippen LogP contribution < -0.4 is 5.32 Å². The van der Waals surface area contributed by atoms with Gasteiger partial charge in [-0.2, -0.15) is 0 Å². The molecule has 4 heteroatoms. The van der Waals surface area contributed by atoms with Crippen molar-refractivity contribution >= 4 is 17.5 Å². The summed E-state index contributed by atoms with van der Waals surface area (Å²) in [6.45, 7) is 1.97. The minimum Gasteiger partial charge on any atom is -0.347 e. The van der Waals surface area contributed by atoms with E-state index in [0.717, 1.165) is 31.3 Å². The maximum atomic E-state index is 13.2. The highest BCUT2D eigenvalue weighted by molar-refractivity contribution is 6.32. The Balaban J connectivity index is 1.89. The molecule has 1 amide bonds. The van der Waals surface area contributed by atoms with Gasteiger partial charge in [-0.3, -0.25) is 4.79 Å². The molecule has 0 radical (unpaired) electrons. The Bertz CT molecular complexity index is 666. The van der Waals surface area contributed by atoms with E-state index in [1.807, 2.05) is 13.0 Å². The van der Waals surface area contributed by atoms with E-state index in [4.69, 9.17) is 11.6 Å². The number of hydrogen-bond acceptors (Lipinski definition) is 2. The molecular formula is C22H31ClN2O. The van der Waals surface area contributed by atoms with Crippen LogP contribution in [0.2, 0.25) is 0 Å². The second-order valence-corrected chi connectivity index (χ2v) is 8.48. The van der Waals surface area contributed by atoms with Crippen molar-refractivity contribution in [2.45, 2.75) is 63.5 Å². The van der Waals surface area contributed by atoms with Crippen LogP contribution in [0.25, 0.3) is 0 Å². The van der Waals surface area contributed by atoms with Gasteiger partial charge in [0.15, 0.2) is 0 Å². The predicted molar refractivity (Wildman–Crippen MR) is 109 cm³/mol. The van der Waals surface area contributed by atoms with E-state index in [1.54, 1.807) is 0 Å². The molecule has 0 saturated heterocycles. The van der Waals surface area contributed by atoms with Crippen LogP contribution in [0.1, 0.15) is 51.9 Å². The molecule has 26 heavy (non-hydrogen) atoms. The van der Waals surface area contributed by atoms with Crippen molar-refractivity contribution in [3.8, 4) is 0 Å². The van der Waals surface area contributed by atoms with Gasteiger partial charge in [-0.05, 0) is 64.3 Å². The number of hydrogen-bond donors (Lipinski definition) is 1. The fourth-order valence-electron chi connectivity index (χ4n) is 4.72. The van der Waals surface area contributed by atoms with E-state index in [2.05, 4.69) is 48.6 Å². The fourth-order valence-corrected chi connectivity index (χ4v) is 4.97. The Morgan fingerprint density at radius 3 is 2.65 bits per heavy atom. The van der Waals surface area contributed by atoms with Crippen molar-refractivity contribution in [2.24, 2.45) is 5.92 Å². The Morgan fingerprint density at radius 2 is 2.04 bits per heavy atom. The van der Waals surface area contributed by atoms with Gasteiger partial charge < -0.3 is 10.2 Å². The molecule has 0 aliphatic heterocycles. The van der Waals surface area contributed by atoms with Crippen LogP contribution >= 0.6 is 11.6 Å². The Hall–Kier alpha value is -1.32. The van der Waals surface area contributed by atoms with Gasteiger partial charge >= 0.3 is 0 Å². The Kier molecular flexibility index (Phi) is 6.09. The second kappa shape index (κ2) is 8.14. The first-order valence-corrected chi connectivity index (χ1v) is 10.2. The lowest BCUT2D eigenvalue weighted by atomic mass is 9.79. The van der Waals surface area contributed by atoms with Gasteiger partial charge in [-0.25, -0.2) is 0 Å². The number of amides is 1. The molecule has 1 saturated carbocycles. The maximum Gasteiger partial charge on any atom is 0.229 e. The predicted octanol–water partition coefficient (Wildman–Crippen LogP) is 4.71. The third-order valence-corrected chi connectivity index (χ3v) is 6.90. The van der Waals surface area contributed by atoms with E-state index >= 15 is 0 Å². The normalized spacial score (nSPS) is 26.2. The number of allylic oxidation sites excluding steroid dienone is 6. The molecule has 0 aromatic heterocycles. The molecule has 3 aliphatic carbocycles. The van der Waals surface area contributed by atoms with Crippen molar-refractivity contribution < 1.29 is 4.79 Å². The zero-order valence-corrected chi connectivity index (χ0v) is 17.0. The van der Waals surface area contributed by atoms with Crippen molar-refractivity contribution in [3.63, 3.8) is 0 Å². The first-order chi connectivity index (χ1) is 12.5. The van der Waals surface area contributed by atoms with Gasteiger partial charge in [0.05, 0.1) is 12.0 Å². The van der Waals surface area contributed by atoms with Crippen LogP contribution in [-0.2, 0) is 4.79 Å². The molecule has 0 aromatic rings. The molecule has 2 unspecified atom stereocenters. The summed E-state index contributed by atoms with van der Waals surface area (Å²) in [6.07, 6.45) is 18.1. The number of nitrogens with zero attached hydrogens (tertiary/aromatic N) is 1. The standard InChI is InChI=1S/C22H31ClN2O/c1-16-10-9-13-18(19(16)23)21(26)24-20(17-11-5-4-6-12-17)22(25(2)3)14-7-8-15-22/h4-5,9-11,18,20H,6-8,12-15H2,1-3H3,(H,24,26). The van der Waals surface area contributed by atoms with E-state index in [1.165, 1.54) is 18.4 Å². The molecule has 0 bridgehead atoms. The van der Waals surface area contributed by atoms with Crippen molar-refractivity contribution in [3.05, 3.63) is 46.6 Å². The lowest BCUT2D eigenvalue weighted by Crippen LogP contribution is -2.60. The van der Waals surface area contributed by atoms with Gasteiger partial charge in [-0.1, -0.05) is 54.8 Å². The molecular weight excluding hydrogens is 344 g/mol. The largest absolute Gasteiger partial charge is 0.347 e.